The number of morpholine rings is 1. The maximum Gasteiger partial charge on any atom is 0.326 e. The van der Waals surface area contributed by atoms with Crippen LogP contribution >= 0.6 is 0 Å². The van der Waals surface area contributed by atoms with E-state index < -0.39 is 47.9 Å². The van der Waals surface area contributed by atoms with Crippen LogP contribution in [0, 0.1) is 11.3 Å². The fourth-order valence-corrected chi connectivity index (χ4v) is 4.14. The predicted molar refractivity (Wildman–Crippen MR) is 146 cm³/mol. The smallest absolute Gasteiger partial charge is 0.326 e. The molecule has 1 aromatic carbocycles. The summed E-state index contributed by atoms with van der Waals surface area (Å²) in [6, 6.07) is 2.52. The van der Waals surface area contributed by atoms with Gasteiger partial charge in [0.05, 0.1) is 13.2 Å². The van der Waals surface area contributed by atoms with Gasteiger partial charge < -0.3 is 36.2 Å². The third kappa shape index (κ3) is 10.8. The molecule has 1 aliphatic heterocycles. The van der Waals surface area contributed by atoms with E-state index in [-0.39, 0.29) is 36.5 Å². The number of phenolic OH excluding ortho intramolecular Hbond substituents is 1. The molecule has 3 amide bonds. The summed E-state index contributed by atoms with van der Waals surface area (Å²) in [5.41, 5.74) is 0.583. The van der Waals surface area contributed by atoms with Crippen molar-refractivity contribution in [3.05, 3.63) is 29.8 Å². The van der Waals surface area contributed by atoms with Gasteiger partial charge in [0, 0.05) is 13.0 Å². The molecule has 11 heteroatoms. The second-order valence-electron chi connectivity index (χ2n) is 11.4. The van der Waals surface area contributed by atoms with Gasteiger partial charge in [0.15, 0.2) is 0 Å². The van der Waals surface area contributed by atoms with Crippen molar-refractivity contribution in [1.82, 2.24) is 21.3 Å². The second kappa shape index (κ2) is 14.8. The Bertz CT molecular complexity index is 971. The number of aromatic hydroxyl groups is 1. The van der Waals surface area contributed by atoms with Crippen LogP contribution in [0.3, 0.4) is 0 Å². The van der Waals surface area contributed by atoms with Crippen molar-refractivity contribution in [2.75, 3.05) is 19.8 Å². The summed E-state index contributed by atoms with van der Waals surface area (Å²) < 4.78 is 5.36. The molecule has 0 saturated carbocycles. The summed E-state index contributed by atoms with van der Waals surface area (Å²) in [4.78, 5) is 51.6. The Balaban J connectivity index is 2.21. The van der Waals surface area contributed by atoms with Crippen LogP contribution in [0.2, 0.25) is 0 Å². The number of nitrogens with one attached hydrogen (secondary N) is 4. The van der Waals surface area contributed by atoms with Gasteiger partial charge in [-0.05, 0) is 41.9 Å². The molecular formula is C28H44N4O7. The molecule has 6 N–H and O–H groups in total. The molecule has 0 aliphatic carbocycles. The van der Waals surface area contributed by atoms with Crippen LogP contribution in [0.1, 0.15) is 59.4 Å². The van der Waals surface area contributed by atoms with E-state index in [0.717, 1.165) is 0 Å². The van der Waals surface area contributed by atoms with Gasteiger partial charge in [-0.3, -0.25) is 14.4 Å². The lowest BCUT2D eigenvalue weighted by Crippen LogP contribution is -2.60. The number of hydrogen-bond donors (Lipinski definition) is 6. The molecule has 218 valence electrons. The maximum absolute atomic E-state index is 13.5. The molecule has 11 nitrogen and oxygen atoms in total. The summed E-state index contributed by atoms with van der Waals surface area (Å²) in [5, 5.41) is 30.5. The van der Waals surface area contributed by atoms with Crippen LogP contribution in [0.15, 0.2) is 24.3 Å². The predicted octanol–water partition coefficient (Wildman–Crippen LogP) is 1.33. The first kappa shape index (κ1) is 32.0. The highest BCUT2D eigenvalue weighted by atomic mass is 16.5. The van der Waals surface area contributed by atoms with Crippen molar-refractivity contribution in [3.8, 4) is 5.75 Å². The molecule has 1 heterocycles. The minimum Gasteiger partial charge on any atom is -0.508 e. The number of benzene rings is 1. The molecule has 4 unspecified atom stereocenters. The molecule has 2 rings (SSSR count). The highest BCUT2D eigenvalue weighted by Gasteiger charge is 2.33. The van der Waals surface area contributed by atoms with E-state index in [1.165, 1.54) is 12.1 Å². The Morgan fingerprint density at radius 2 is 1.72 bits per heavy atom. The van der Waals surface area contributed by atoms with E-state index >= 15 is 0 Å². The molecular weight excluding hydrogens is 504 g/mol. The van der Waals surface area contributed by atoms with Gasteiger partial charge in [0.25, 0.3) is 0 Å². The average Bonchev–Trinajstić information content (AvgIpc) is 2.89. The maximum atomic E-state index is 13.5. The number of aliphatic carboxylic acids is 1. The fourth-order valence-electron chi connectivity index (χ4n) is 4.14. The van der Waals surface area contributed by atoms with Gasteiger partial charge in [-0.25, -0.2) is 4.79 Å². The van der Waals surface area contributed by atoms with Crippen molar-refractivity contribution in [3.63, 3.8) is 0 Å². The van der Waals surface area contributed by atoms with Gasteiger partial charge >= 0.3 is 5.97 Å². The van der Waals surface area contributed by atoms with Gasteiger partial charge in [0.2, 0.25) is 17.7 Å². The van der Waals surface area contributed by atoms with Crippen LogP contribution in [0.25, 0.3) is 0 Å². The molecule has 0 bridgehead atoms. The molecule has 39 heavy (non-hydrogen) atoms. The van der Waals surface area contributed by atoms with E-state index in [4.69, 9.17) is 4.74 Å². The van der Waals surface area contributed by atoms with E-state index in [1.54, 1.807) is 19.1 Å². The zero-order chi connectivity index (χ0) is 29.2. The molecule has 1 saturated heterocycles. The first-order chi connectivity index (χ1) is 18.3. The third-order valence-electron chi connectivity index (χ3n) is 6.84. The van der Waals surface area contributed by atoms with E-state index in [2.05, 4.69) is 21.3 Å². The number of ether oxygens (including phenoxy) is 1. The van der Waals surface area contributed by atoms with Crippen LogP contribution in [-0.4, -0.2) is 77.8 Å². The van der Waals surface area contributed by atoms with Crippen molar-refractivity contribution in [2.45, 2.75) is 84.5 Å². The van der Waals surface area contributed by atoms with E-state index in [0.29, 0.717) is 31.6 Å². The number of rotatable bonds is 13. The van der Waals surface area contributed by atoms with Gasteiger partial charge in [-0.2, -0.15) is 0 Å². The zero-order valence-corrected chi connectivity index (χ0v) is 23.6. The number of phenols is 1. The number of carbonyl (C=O) groups excluding carboxylic acids is 3. The number of carboxylic acid groups (broad SMARTS) is 1. The first-order valence-corrected chi connectivity index (χ1v) is 13.5. The quantitative estimate of drug-likeness (QED) is 0.215. The number of carbonyl (C=O) groups is 4. The SMILES string of the molecule is CCC(C)C(NC(=O)C(Cc1ccc(O)cc1)NC(=O)[C@@H]1COCCN1)C(=O)NC(CCC(C)(C)C)C(=O)O. The molecule has 0 spiro atoms. The molecule has 1 aromatic rings. The normalized spacial score (nSPS) is 18.7. The molecule has 1 aliphatic rings. The Labute approximate surface area is 230 Å². The third-order valence-corrected chi connectivity index (χ3v) is 6.84. The summed E-state index contributed by atoms with van der Waals surface area (Å²) in [6.45, 7) is 10.8. The Morgan fingerprint density at radius 1 is 1.05 bits per heavy atom. The van der Waals surface area contributed by atoms with Crippen molar-refractivity contribution >= 4 is 23.7 Å². The lowest BCUT2D eigenvalue weighted by atomic mass is 9.88. The van der Waals surface area contributed by atoms with Gasteiger partial charge in [-0.15, -0.1) is 0 Å². The zero-order valence-electron chi connectivity index (χ0n) is 23.6. The lowest BCUT2D eigenvalue weighted by molar-refractivity contribution is -0.143. The highest BCUT2D eigenvalue weighted by molar-refractivity contribution is 5.94. The number of amides is 3. The second-order valence-corrected chi connectivity index (χ2v) is 11.4. The van der Waals surface area contributed by atoms with E-state index in [1.807, 2.05) is 27.7 Å². The number of hydrogen-bond acceptors (Lipinski definition) is 7. The minimum absolute atomic E-state index is 0.0697. The minimum atomic E-state index is -1.14. The first-order valence-electron chi connectivity index (χ1n) is 13.5. The number of carboxylic acids is 1. The summed E-state index contributed by atoms with van der Waals surface area (Å²) >= 11 is 0. The van der Waals surface area contributed by atoms with Gasteiger partial charge in [-0.1, -0.05) is 53.2 Å². The van der Waals surface area contributed by atoms with Crippen molar-refractivity contribution in [2.24, 2.45) is 11.3 Å². The lowest BCUT2D eigenvalue weighted by Gasteiger charge is -2.29. The topological polar surface area (TPSA) is 166 Å². The standard InChI is InChI=1S/C28H44N4O7/c1-6-17(2)23(26(36)30-20(27(37)38)11-12-28(3,4)5)32-24(34)21(15-18-7-9-19(33)10-8-18)31-25(35)22-16-39-14-13-29-22/h7-10,17,20-23,29,33H,6,11-16H2,1-5H3,(H,30,36)(H,31,35)(H,32,34)(H,37,38)/t17?,20?,21?,22-,23?/m0/s1. The van der Waals surface area contributed by atoms with Crippen LogP contribution < -0.4 is 21.3 Å². The monoisotopic (exact) mass is 548 g/mol. The van der Waals surface area contributed by atoms with Gasteiger partial charge in [0.1, 0.15) is 29.9 Å². The highest BCUT2D eigenvalue weighted by Crippen LogP contribution is 2.22. The molecule has 5 atom stereocenters. The Kier molecular flexibility index (Phi) is 12.2. The summed E-state index contributed by atoms with van der Waals surface area (Å²) in [7, 11) is 0. The fraction of sp³-hybridized carbons (Fsp3) is 0.643. The summed E-state index contributed by atoms with van der Waals surface area (Å²) in [6.07, 6.45) is 1.51. The summed E-state index contributed by atoms with van der Waals surface area (Å²) in [5.74, 6) is -2.94. The van der Waals surface area contributed by atoms with Crippen LogP contribution in [0.5, 0.6) is 5.75 Å². The average molecular weight is 549 g/mol. The molecule has 1 fully saturated rings. The molecule has 0 aromatic heterocycles. The van der Waals surface area contributed by atoms with Crippen molar-refractivity contribution in [1.29, 1.82) is 0 Å². The molecule has 0 radical (unpaired) electrons. The van der Waals surface area contributed by atoms with Crippen LogP contribution in [-0.2, 0) is 30.3 Å². The van der Waals surface area contributed by atoms with Crippen molar-refractivity contribution < 1.29 is 34.1 Å². The Hall–Kier alpha value is -3.18. The van der Waals surface area contributed by atoms with Crippen LogP contribution in [0.4, 0.5) is 0 Å². The van der Waals surface area contributed by atoms with E-state index in [9.17, 15) is 29.4 Å². The Morgan fingerprint density at radius 3 is 2.26 bits per heavy atom. The largest absolute Gasteiger partial charge is 0.508 e.